The van der Waals surface area contributed by atoms with Crippen LogP contribution in [0.3, 0.4) is 0 Å². The van der Waals surface area contributed by atoms with E-state index in [9.17, 15) is 4.79 Å². The van der Waals surface area contributed by atoms with Gasteiger partial charge in [-0.1, -0.05) is 12.8 Å². The normalized spacial score (nSPS) is 19.1. The lowest BCUT2D eigenvalue weighted by molar-refractivity contribution is -0.138. The summed E-state index contributed by atoms with van der Waals surface area (Å²) in [6.07, 6.45) is 4.65. The maximum absolute atomic E-state index is 11.9. The predicted octanol–water partition coefficient (Wildman–Crippen LogP) is 2.43. The largest absolute Gasteiger partial charge is 0.341 e. The minimum absolute atomic E-state index is 0.0281. The molecule has 2 nitrogen and oxygen atoms in total. The fourth-order valence-corrected chi connectivity index (χ4v) is 1.78. The molecular formula is C11H21NO. The SMILES string of the molecule is CN(C(=O)C1CCCC1)C(C)(C)C. The molecule has 0 aromatic heterocycles. The van der Waals surface area contributed by atoms with Crippen LogP contribution in [0.15, 0.2) is 0 Å². The van der Waals surface area contributed by atoms with Crippen LogP contribution in [-0.2, 0) is 4.79 Å². The van der Waals surface area contributed by atoms with Crippen molar-refractivity contribution in [2.45, 2.75) is 52.0 Å². The van der Waals surface area contributed by atoms with Crippen molar-refractivity contribution in [3.63, 3.8) is 0 Å². The predicted molar refractivity (Wildman–Crippen MR) is 54.5 cm³/mol. The van der Waals surface area contributed by atoms with Gasteiger partial charge in [0.2, 0.25) is 5.91 Å². The lowest BCUT2D eigenvalue weighted by Crippen LogP contribution is -2.45. The van der Waals surface area contributed by atoms with Gasteiger partial charge in [-0.05, 0) is 33.6 Å². The third kappa shape index (κ3) is 2.45. The molecule has 0 N–H and O–H groups in total. The van der Waals surface area contributed by atoms with Gasteiger partial charge in [0, 0.05) is 18.5 Å². The molecule has 13 heavy (non-hydrogen) atoms. The van der Waals surface area contributed by atoms with E-state index in [2.05, 4.69) is 20.8 Å². The second-order valence-electron chi connectivity index (χ2n) is 5.05. The summed E-state index contributed by atoms with van der Waals surface area (Å²) < 4.78 is 0. The summed E-state index contributed by atoms with van der Waals surface area (Å²) in [7, 11) is 1.92. The van der Waals surface area contributed by atoms with Crippen LogP contribution in [-0.4, -0.2) is 23.4 Å². The van der Waals surface area contributed by atoms with E-state index in [1.54, 1.807) is 0 Å². The van der Waals surface area contributed by atoms with Gasteiger partial charge in [0.25, 0.3) is 0 Å². The van der Waals surface area contributed by atoms with E-state index in [1.807, 2.05) is 11.9 Å². The highest BCUT2D eigenvalue weighted by Crippen LogP contribution is 2.28. The fraction of sp³-hybridized carbons (Fsp3) is 0.909. The maximum Gasteiger partial charge on any atom is 0.225 e. The molecule has 0 heterocycles. The van der Waals surface area contributed by atoms with Gasteiger partial charge in [0.15, 0.2) is 0 Å². The van der Waals surface area contributed by atoms with E-state index in [1.165, 1.54) is 12.8 Å². The van der Waals surface area contributed by atoms with E-state index < -0.39 is 0 Å². The number of amides is 1. The Hall–Kier alpha value is -0.530. The van der Waals surface area contributed by atoms with Crippen LogP contribution in [0.25, 0.3) is 0 Å². The number of carbonyl (C=O) groups excluding carboxylic acids is 1. The van der Waals surface area contributed by atoms with Gasteiger partial charge in [-0.3, -0.25) is 4.79 Å². The Balaban J connectivity index is 2.56. The van der Waals surface area contributed by atoms with Crippen LogP contribution in [0, 0.1) is 5.92 Å². The highest BCUT2D eigenvalue weighted by molar-refractivity contribution is 5.79. The van der Waals surface area contributed by atoms with Gasteiger partial charge in [0.05, 0.1) is 0 Å². The highest BCUT2D eigenvalue weighted by Gasteiger charge is 2.30. The average Bonchev–Trinajstić information content (AvgIpc) is 2.51. The van der Waals surface area contributed by atoms with E-state index in [0.717, 1.165) is 12.8 Å². The lowest BCUT2D eigenvalue weighted by atomic mass is 10.0. The first-order valence-corrected chi connectivity index (χ1v) is 5.20. The van der Waals surface area contributed by atoms with Crippen LogP contribution in [0.4, 0.5) is 0 Å². The van der Waals surface area contributed by atoms with Gasteiger partial charge >= 0.3 is 0 Å². The Morgan fingerprint density at radius 1 is 1.23 bits per heavy atom. The molecule has 0 atom stereocenters. The third-order valence-electron chi connectivity index (χ3n) is 3.04. The van der Waals surface area contributed by atoms with Gasteiger partial charge in [-0.2, -0.15) is 0 Å². The van der Waals surface area contributed by atoms with Crippen LogP contribution >= 0.6 is 0 Å². The van der Waals surface area contributed by atoms with Gasteiger partial charge < -0.3 is 4.90 Å². The Labute approximate surface area is 81.3 Å². The molecule has 0 aromatic rings. The van der Waals surface area contributed by atoms with Gasteiger partial charge in [-0.25, -0.2) is 0 Å². The molecule has 1 aliphatic rings. The molecule has 76 valence electrons. The molecule has 0 aliphatic heterocycles. The molecule has 0 unspecified atom stereocenters. The van der Waals surface area contributed by atoms with E-state index in [-0.39, 0.29) is 5.54 Å². The van der Waals surface area contributed by atoms with Crippen LogP contribution in [0.1, 0.15) is 46.5 Å². The molecule has 1 rings (SSSR count). The molecule has 0 radical (unpaired) electrons. The maximum atomic E-state index is 11.9. The molecule has 1 amide bonds. The quantitative estimate of drug-likeness (QED) is 0.611. The summed E-state index contributed by atoms with van der Waals surface area (Å²) in [6.45, 7) is 6.25. The monoisotopic (exact) mass is 183 g/mol. The summed E-state index contributed by atoms with van der Waals surface area (Å²) >= 11 is 0. The Bertz CT molecular complexity index is 187. The highest BCUT2D eigenvalue weighted by atomic mass is 16.2. The first-order chi connectivity index (χ1) is 5.93. The first kappa shape index (κ1) is 10.6. The fourth-order valence-electron chi connectivity index (χ4n) is 1.78. The van der Waals surface area contributed by atoms with Crippen molar-refractivity contribution < 1.29 is 4.79 Å². The molecule has 0 saturated heterocycles. The van der Waals surface area contributed by atoms with Crippen LogP contribution in [0.2, 0.25) is 0 Å². The lowest BCUT2D eigenvalue weighted by Gasteiger charge is -2.34. The van der Waals surface area contributed by atoms with Crippen molar-refractivity contribution in [3.05, 3.63) is 0 Å². The van der Waals surface area contributed by atoms with Crippen molar-refractivity contribution in [3.8, 4) is 0 Å². The van der Waals surface area contributed by atoms with Crippen molar-refractivity contribution in [1.29, 1.82) is 0 Å². The first-order valence-electron chi connectivity index (χ1n) is 5.20. The number of carbonyl (C=O) groups is 1. The zero-order chi connectivity index (χ0) is 10.1. The molecule has 1 fully saturated rings. The summed E-state index contributed by atoms with van der Waals surface area (Å²) in [5, 5.41) is 0. The van der Waals surface area contributed by atoms with E-state index in [0.29, 0.717) is 11.8 Å². The number of rotatable bonds is 1. The van der Waals surface area contributed by atoms with Crippen molar-refractivity contribution in [1.82, 2.24) is 4.90 Å². The average molecular weight is 183 g/mol. The van der Waals surface area contributed by atoms with Crippen molar-refractivity contribution in [2.75, 3.05) is 7.05 Å². The summed E-state index contributed by atoms with van der Waals surface area (Å²) in [6, 6.07) is 0. The minimum atomic E-state index is -0.0281. The number of hydrogen-bond acceptors (Lipinski definition) is 1. The molecule has 0 aromatic carbocycles. The van der Waals surface area contributed by atoms with E-state index in [4.69, 9.17) is 0 Å². The molecule has 1 aliphatic carbocycles. The van der Waals surface area contributed by atoms with E-state index >= 15 is 0 Å². The van der Waals surface area contributed by atoms with Gasteiger partial charge in [-0.15, -0.1) is 0 Å². The molecule has 2 heteroatoms. The minimum Gasteiger partial charge on any atom is -0.341 e. The third-order valence-corrected chi connectivity index (χ3v) is 3.04. The van der Waals surface area contributed by atoms with Gasteiger partial charge in [0.1, 0.15) is 0 Å². The molecule has 0 bridgehead atoms. The van der Waals surface area contributed by atoms with Crippen LogP contribution in [0.5, 0.6) is 0 Å². The topological polar surface area (TPSA) is 20.3 Å². The number of nitrogens with zero attached hydrogens (tertiary/aromatic N) is 1. The standard InChI is InChI=1S/C11H21NO/c1-11(2,3)12(4)10(13)9-7-5-6-8-9/h9H,5-8H2,1-4H3. The summed E-state index contributed by atoms with van der Waals surface area (Å²) in [5.41, 5.74) is -0.0281. The zero-order valence-electron chi connectivity index (χ0n) is 9.26. The number of hydrogen-bond donors (Lipinski definition) is 0. The Kier molecular flexibility index (Phi) is 2.99. The molecule has 1 saturated carbocycles. The Morgan fingerprint density at radius 2 is 1.69 bits per heavy atom. The second-order valence-corrected chi connectivity index (χ2v) is 5.05. The zero-order valence-corrected chi connectivity index (χ0v) is 9.26. The molecular weight excluding hydrogens is 162 g/mol. The summed E-state index contributed by atoms with van der Waals surface area (Å²) in [4.78, 5) is 13.8. The summed E-state index contributed by atoms with van der Waals surface area (Å²) in [5.74, 6) is 0.647. The van der Waals surface area contributed by atoms with Crippen molar-refractivity contribution in [2.24, 2.45) is 5.92 Å². The van der Waals surface area contributed by atoms with Crippen LogP contribution < -0.4 is 0 Å². The van der Waals surface area contributed by atoms with Crippen molar-refractivity contribution >= 4 is 5.91 Å². The smallest absolute Gasteiger partial charge is 0.225 e. The Morgan fingerprint density at radius 3 is 2.08 bits per heavy atom. The molecule has 0 spiro atoms. The second kappa shape index (κ2) is 3.69.